The second-order valence-corrected chi connectivity index (χ2v) is 6.79. The number of nitrogens with zero attached hydrogens (tertiary/aromatic N) is 4. The van der Waals surface area contributed by atoms with Gasteiger partial charge in [0.1, 0.15) is 5.76 Å². The highest BCUT2D eigenvalue weighted by molar-refractivity contribution is 5.94. The van der Waals surface area contributed by atoms with Crippen LogP contribution in [0.4, 0.5) is 0 Å². The molecule has 4 rings (SSSR count). The molecule has 0 radical (unpaired) electrons. The molecule has 2 aliphatic rings. The quantitative estimate of drug-likeness (QED) is 0.905. The Kier molecular flexibility index (Phi) is 3.82. The summed E-state index contributed by atoms with van der Waals surface area (Å²) in [7, 11) is 3.61. The van der Waals surface area contributed by atoms with E-state index in [4.69, 9.17) is 4.42 Å². The van der Waals surface area contributed by atoms with Crippen LogP contribution in [0.5, 0.6) is 0 Å². The van der Waals surface area contributed by atoms with Crippen molar-refractivity contribution in [1.82, 2.24) is 25.0 Å². The maximum atomic E-state index is 12.8. The third kappa shape index (κ3) is 2.81. The first-order valence-electron chi connectivity index (χ1n) is 8.54. The van der Waals surface area contributed by atoms with Gasteiger partial charge in [-0.1, -0.05) is 0 Å². The molecular formula is C17H21N5O3. The molecule has 1 aliphatic heterocycles. The van der Waals surface area contributed by atoms with Gasteiger partial charge in [0, 0.05) is 32.6 Å². The maximum absolute atomic E-state index is 12.8. The van der Waals surface area contributed by atoms with Gasteiger partial charge in [-0.25, -0.2) is 4.98 Å². The van der Waals surface area contributed by atoms with Crippen LogP contribution >= 0.6 is 0 Å². The molecule has 0 unspecified atom stereocenters. The minimum atomic E-state index is -0.256. The van der Waals surface area contributed by atoms with Gasteiger partial charge in [0.2, 0.25) is 5.91 Å². The number of oxazole rings is 1. The monoisotopic (exact) mass is 343 g/mol. The highest BCUT2D eigenvalue weighted by Crippen LogP contribution is 2.41. The number of hydrogen-bond donors (Lipinski definition) is 1. The molecular weight excluding hydrogens is 322 g/mol. The van der Waals surface area contributed by atoms with Crippen LogP contribution in [0, 0.1) is 0 Å². The van der Waals surface area contributed by atoms with Crippen molar-refractivity contribution in [3.8, 4) is 0 Å². The molecule has 8 heteroatoms. The summed E-state index contributed by atoms with van der Waals surface area (Å²) in [5.41, 5.74) is 1.26. The third-order valence-corrected chi connectivity index (χ3v) is 5.10. The Morgan fingerprint density at radius 1 is 1.32 bits per heavy atom. The molecule has 132 valence electrons. The molecule has 1 N–H and O–H groups in total. The van der Waals surface area contributed by atoms with E-state index in [0.717, 1.165) is 18.5 Å². The molecule has 3 heterocycles. The molecule has 0 aromatic carbocycles. The number of hydrogen-bond acceptors (Lipinski definition) is 5. The fourth-order valence-corrected chi connectivity index (χ4v) is 3.57. The highest BCUT2D eigenvalue weighted by Gasteiger charge is 2.39. The van der Waals surface area contributed by atoms with Gasteiger partial charge in [-0.2, -0.15) is 5.10 Å². The van der Waals surface area contributed by atoms with Crippen LogP contribution in [0.15, 0.2) is 23.1 Å². The van der Waals surface area contributed by atoms with Crippen LogP contribution in [0.25, 0.3) is 0 Å². The average molecular weight is 343 g/mol. The summed E-state index contributed by atoms with van der Waals surface area (Å²) in [6.45, 7) is 0. The molecule has 0 spiro atoms. The van der Waals surface area contributed by atoms with Crippen molar-refractivity contribution >= 4 is 11.8 Å². The number of aromatic nitrogens is 3. The third-order valence-electron chi connectivity index (χ3n) is 5.10. The lowest BCUT2D eigenvalue weighted by Crippen LogP contribution is -2.51. The number of likely N-dealkylation sites (tertiary alicyclic amines) is 1. The van der Waals surface area contributed by atoms with Crippen LogP contribution < -0.4 is 5.32 Å². The lowest BCUT2D eigenvalue weighted by molar-refractivity contribution is -0.136. The highest BCUT2D eigenvalue weighted by atomic mass is 16.3. The molecule has 25 heavy (non-hydrogen) atoms. The summed E-state index contributed by atoms with van der Waals surface area (Å²) in [6, 6.07) is 1.42. The van der Waals surface area contributed by atoms with Crippen LogP contribution in [-0.2, 0) is 11.8 Å². The van der Waals surface area contributed by atoms with Crippen molar-refractivity contribution in [2.45, 2.75) is 43.7 Å². The van der Waals surface area contributed by atoms with Crippen molar-refractivity contribution in [2.75, 3.05) is 7.05 Å². The number of likely N-dealkylation sites (N-methyl/N-ethyl adjacent to an activating group) is 1. The van der Waals surface area contributed by atoms with Crippen molar-refractivity contribution in [1.29, 1.82) is 0 Å². The number of nitrogens with one attached hydrogen (secondary N) is 1. The van der Waals surface area contributed by atoms with Gasteiger partial charge < -0.3 is 14.6 Å². The first-order chi connectivity index (χ1) is 12.1. The van der Waals surface area contributed by atoms with E-state index < -0.39 is 0 Å². The first kappa shape index (κ1) is 15.9. The Morgan fingerprint density at radius 2 is 2.12 bits per heavy atom. The largest absolute Gasteiger partial charge is 0.447 e. The first-order valence-corrected chi connectivity index (χ1v) is 8.54. The van der Waals surface area contributed by atoms with Gasteiger partial charge in [0.25, 0.3) is 5.91 Å². The van der Waals surface area contributed by atoms with Gasteiger partial charge >= 0.3 is 0 Å². The predicted molar refractivity (Wildman–Crippen MR) is 87.7 cm³/mol. The number of amides is 2. The van der Waals surface area contributed by atoms with Gasteiger partial charge in [0.15, 0.2) is 12.1 Å². The Hall–Kier alpha value is -2.64. The topological polar surface area (TPSA) is 93.3 Å². The van der Waals surface area contributed by atoms with E-state index >= 15 is 0 Å². The van der Waals surface area contributed by atoms with E-state index in [9.17, 15) is 9.59 Å². The summed E-state index contributed by atoms with van der Waals surface area (Å²) in [5, 5.41) is 7.26. The summed E-state index contributed by atoms with van der Waals surface area (Å²) < 4.78 is 7.15. The second-order valence-electron chi connectivity index (χ2n) is 6.79. The van der Waals surface area contributed by atoms with Crippen LogP contribution in [0.3, 0.4) is 0 Å². The Morgan fingerprint density at radius 3 is 2.80 bits per heavy atom. The second kappa shape index (κ2) is 6.02. The predicted octanol–water partition coefficient (Wildman–Crippen LogP) is 1.38. The van der Waals surface area contributed by atoms with Crippen molar-refractivity contribution < 1.29 is 14.0 Å². The molecule has 2 aromatic heterocycles. The summed E-state index contributed by atoms with van der Waals surface area (Å²) in [6.07, 6.45) is 6.09. The number of carbonyl (C=O) groups excluding carboxylic acids is 2. The molecule has 2 fully saturated rings. The van der Waals surface area contributed by atoms with E-state index in [1.165, 1.54) is 6.39 Å². The van der Waals surface area contributed by atoms with E-state index in [1.54, 1.807) is 22.8 Å². The van der Waals surface area contributed by atoms with Crippen molar-refractivity contribution in [3.05, 3.63) is 35.8 Å². The van der Waals surface area contributed by atoms with E-state index in [2.05, 4.69) is 15.4 Å². The van der Waals surface area contributed by atoms with Crippen molar-refractivity contribution in [2.24, 2.45) is 7.05 Å². The molecule has 1 saturated heterocycles. The van der Waals surface area contributed by atoms with E-state index in [-0.39, 0.29) is 23.9 Å². The molecule has 8 nitrogen and oxygen atoms in total. The van der Waals surface area contributed by atoms with Crippen LogP contribution in [-0.4, -0.2) is 44.6 Å². The number of carbonyl (C=O) groups is 2. The fourth-order valence-electron chi connectivity index (χ4n) is 3.57. The summed E-state index contributed by atoms with van der Waals surface area (Å²) in [5.74, 6) is 0.814. The molecule has 1 aliphatic carbocycles. The van der Waals surface area contributed by atoms with Gasteiger partial charge in [-0.15, -0.1) is 0 Å². The molecule has 0 bridgehead atoms. The normalized spacial score (nSPS) is 23.8. The zero-order valence-electron chi connectivity index (χ0n) is 14.3. The summed E-state index contributed by atoms with van der Waals surface area (Å²) >= 11 is 0. The van der Waals surface area contributed by atoms with Crippen LogP contribution in [0.2, 0.25) is 0 Å². The average Bonchev–Trinajstić information content (AvgIpc) is 3.16. The fraction of sp³-hybridized carbons (Fsp3) is 0.529. The van der Waals surface area contributed by atoms with Crippen LogP contribution in [0.1, 0.15) is 59.6 Å². The summed E-state index contributed by atoms with van der Waals surface area (Å²) in [4.78, 5) is 30.7. The number of rotatable bonds is 4. The zero-order valence-corrected chi connectivity index (χ0v) is 14.3. The lowest BCUT2D eigenvalue weighted by Gasteiger charge is -2.39. The minimum Gasteiger partial charge on any atom is -0.447 e. The molecule has 2 atom stereocenters. The van der Waals surface area contributed by atoms with Gasteiger partial charge in [-0.3, -0.25) is 14.3 Å². The molecule has 2 aromatic rings. The van der Waals surface area contributed by atoms with Gasteiger partial charge in [-0.05, 0) is 25.3 Å². The molecule has 2 amide bonds. The molecule has 1 saturated carbocycles. The Labute approximate surface area is 145 Å². The Balaban J connectivity index is 1.59. The van der Waals surface area contributed by atoms with Gasteiger partial charge in [0.05, 0.1) is 17.8 Å². The smallest absolute Gasteiger partial charge is 0.273 e. The zero-order chi connectivity index (χ0) is 17.6. The SMILES string of the molecule is CN1C(=O)CC[C@@H](NC(=O)c2ncoc2C2CC2)[C@@H]1c1ccnn1C. The van der Waals surface area contributed by atoms with E-state index in [1.807, 2.05) is 13.1 Å². The standard InChI is InChI=1S/C17H21N5O3/c1-21-13(23)6-5-11(15(21)12-7-8-19-22(12)2)20-17(24)14-16(10-3-4-10)25-9-18-14/h7-11,15H,3-6H2,1-2H3,(H,20,24)/t11-,15-/m1/s1. The lowest BCUT2D eigenvalue weighted by atomic mass is 9.93. The Bertz CT molecular complexity index is 807. The minimum absolute atomic E-state index is 0.0665. The number of aryl methyl sites for hydroxylation is 1. The van der Waals surface area contributed by atoms with Crippen molar-refractivity contribution in [3.63, 3.8) is 0 Å². The number of piperidine rings is 1. The maximum Gasteiger partial charge on any atom is 0.273 e. The van der Waals surface area contributed by atoms with E-state index in [0.29, 0.717) is 30.2 Å².